The molecule has 2 aliphatic rings. The zero-order valence-corrected chi connectivity index (χ0v) is 17.3. The lowest BCUT2D eigenvalue weighted by atomic mass is 10.1. The first-order valence-corrected chi connectivity index (χ1v) is 10.4. The van der Waals surface area contributed by atoms with Crippen LogP contribution in [0.2, 0.25) is 0 Å². The fourth-order valence-corrected chi connectivity index (χ4v) is 3.69. The maximum Gasteiger partial charge on any atom is 0.253 e. The van der Waals surface area contributed by atoms with Crippen molar-refractivity contribution in [2.75, 3.05) is 36.5 Å². The van der Waals surface area contributed by atoms with Gasteiger partial charge in [0.2, 0.25) is 11.8 Å². The van der Waals surface area contributed by atoms with Gasteiger partial charge < -0.3 is 25.0 Å². The minimum absolute atomic E-state index is 0.102. The molecule has 0 aromatic heterocycles. The molecule has 0 radical (unpaired) electrons. The van der Waals surface area contributed by atoms with Gasteiger partial charge in [-0.3, -0.25) is 14.4 Å². The molecule has 0 saturated carbocycles. The molecule has 1 atom stereocenters. The minimum atomic E-state index is -0.521. The molecule has 1 saturated heterocycles. The quantitative estimate of drug-likeness (QED) is 0.744. The fraction of sp³-hybridized carbons (Fsp3) is 0.348. The minimum Gasteiger partial charge on any atom is -0.486 e. The van der Waals surface area contributed by atoms with Crippen LogP contribution >= 0.6 is 0 Å². The Morgan fingerprint density at radius 3 is 2.68 bits per heavy atom. The Morgan fingerprint density at radius 1 is 1.10 bits per heavy atom. The lowest BCUT2D eigenvalue weighted by molar-refractivity contribution is -0.122. The first-order chi connectivity index (χ1) is 15.1. The van der Waals surface area contributed by atoms with E-state index in [0.717, 1.165) is 6.42 Å². The molecule has 2 aromatic rings. The van der Waals surface area contributed by atoms with Crippen molar-refractivity contribution in [3.05, 3.63) is 48.0 Å². The molecule has 162 valence electrons. The van der Waals surface area contributed by atoms with Crippen molar-refractivity contribution in [2.24, 2.45) is 5.92 Å². The van der Waals surface area contributed by atoms with Crippen molar-refractivity contribution in [1.82, 2.24) is 5.32 Å². The zero-order valence-electron chi connectivity index (χ0n) is 17.3. The summed E-state index contributed by atoms with van der Waals surface area (Å²) in [5.74, 6) is 0.0610. The van der Waals surface area contributed by atoms with E-state index in [1.54, 1.807) is 47.4 Å². The largest absolute Gasteiger partial charge is 0.486 e. The van der Waals surface area contributed by atoms with Crippen LogP contribution in [-0.2, 0) is 9.59 Å². The summed E-state index contributed by atoms with van der Waals surface area (Å²) < 4.78 is 11.1. The van der Waals surface area contributed by atoms with Gasteiger partial charge in [0.1, 0.15) is 13.2 Å². The number of hydrogen-bond donors (Lipinski definition) is 2. The highest BCUT2D eigenvalue weighted by Gasteiger charge is 2.36. The first kappa shape index (κ1) is 20.7. The third-order valence-electron chi connectivity index (χ3n) is 5.30. The summed E-state index contributed by atoms with van der Waals surface area (Å²) in [5.41, 5.74) is 1.51. The van der Waals surface area contributed by atoms with Crippen LogP contribution in [0.15, 0.2) is 42.5 Å². The number of amides is 3. The van der Waals surface area contributed by atoms with Crippen molar-refractivity contribution in [3.8, 4) is 11.5 Å². The molecule has 0 bridgehead atoms. The van der Waals surface area contributed by atoms with Crippen molar-refractivity contribution < 1.29 is 23.9 Å². The molecular weight excluding hydrogens is 398 g/mol. The molecule has 0 aliphatic carbocycles. The second-order valence-electron chi connectivity index (χ2n) is 7.52. The number of para-hydroxylation sites is 1. The standard InChI is InChI=1S/C23H25N3O5/c1-2-9-24-23(29)17-5-3-4-6-18(17)25-22(28)15-12-21(27)26(14-15)16-7-8-19-20(13-16)31-11-10-30-19/h3-8,13,15H,2,9-12,14H2,1H3,(H,24,29)(H,25,28)/t15-/m0/s1. The Balaban J connectivity index is 1.45. The van der Waals surface area contributed by atoms with Crippen LogP contribution in [0.4, 0.5) is 11.4 Å². The van der Waals surface area contributed by atoms with Gasteiger partial charge in [-0.2, -0.15) is 0 Å². The van der Waals surface area contributed by atoms with Crippen molar-refractivity contribution >= 4 is 29.1 Å². The SMILES string of the molecule is CCCNC(=O)c1ccccc1NC(=O)[C@H]1CC(=O)N(c2ccc3c(c2)OCCO3)C1. The lowest BCUT2D eigenvalue weighted by Gasteiger charge is -2.22. The predicted octanol–water partition coefficient (Wildman–Crippen LogP) is 2.59. The topological polar surface area (TPSA) is 97.0 Å². The van der Waals surface area contributed by atoms with E-state index < -0.39 is 5.92 Å². The Morgan fingerprint density at radius 2 is 1.87 bits per heavy atom. The average molecular weight is 423 g/mol. The predicted molar refractivity (Wildman–Crippen MR) is 116 cm³/mol. The van der Waals surface area contributed by atoms with E-state index in [9.17, 15) is 14.4 Å². The van der Waals surface area contributed by atoms with Crippen LogP contribution in [0.3, 0.4) is 0 Å². The third-order valence-corrected chi connectivity index (χ3v) is 5.30. The van der Waals surface area contributed by atoms with E-state index in [-0.39, 0.29) is 30.7 Å². The summed E-state index contributed by atoms with van der Waals surface area (Å²) in [6, 6.07) is 12.2. The Hall–Kier alpha value is -3.55. The Kier molecular flexibility index (Phi) is 6.06. The highest BCUT2D eigenvalue weighted by molar-refractivity contribution is 6.07. The smallest absolute Gasteiger partial charge is 0.253 e. The normalized spacial score (nSPS) is 17.4. The van der Waals surface area contributed by atoms with E-state index in [4.69, 9.17) is 9.47 Å². The van der Waals surface area contributed by atoms with Gasteiger partial charge in [-0.1, -0.05) is 19.1 Å². The molecule has 0 unspecified atom stereocenters. The van der Waals surface area contributed by atoms with Crippen molar-refractivity contribution in [3.63, 3.8) is 0 Å². The van der Waals surface area contributed by atoms with Crippen LogP contribution < -0.4 is 25.0 Å². The number of nitrogens with one attached hydrogen (secondary N) is 2. The second-order valence-corrected chi connectivity index (χ2v) is 7.52. The molecule has 8 nitrogen and oxygen atoms in total. The summed E-state index contributed by atoms with van der Waals surface area (Å²) in [5, 5.41) is 5.65. The summed E-state index contributed by atoms with van der Waals surface area (Å²) in [6.07, 6.45) is 0.921. The van der Waals surface area contributed by atoms with Gasteiger partial charge in [0, 0.05) is 31.3 Å². The summed E-state index contributed by atoms with van der Waals surface area (Å²) in [4.78, 5) is 39.5. The monoisotopic (exact) mass is 423 g/mol. The average Bonchev–Trinajstić information content (AvgIpc) is 3.19. The molecule has 31 heavy (non-hydrogen) atoms. The molecule has 1 fully saturated rings. The number of carbonyl (C=O) groups is 3. The number of benzene rings is 2. The van der Waals surface area contributed by atoms with Crippen LogP contribution in [0.5, 0.6) is 11.5 Å². The Labute approximate surface area is 180 Å². The molecule has 0 spiro atoms. The van der Waals surface area contributed by atoms with Gasteiger partial charge in [-0.25, -0.2) is 0 Å². The van der Waals surface area contributed by atoms with Crippen LogP contribution in [0, 0.1) is 5.92 Å². The van der Waals surface area contributed by atoms with Crippen molar-refractivity contribution in [2.45, 2.75) is 19.8 Å². The molecule has 8 heteroatoms. The van der Waals surface area contributed by atoms with E-state index in [1.165, 1.54) is 0 Å². The maximum atomic E-state index is 12.9. The van der Waals surface area contributed by atoms with Crippen LogP contribution in [0.1, 0.15) is 30.1 Å². The molecule has 2 heterocycles. The third kappa shape index (κ3) is 4.47. The maximum absolute atomic E-state index is 12.9. The highest BCUT2D eigenvalue weighted by atomic mass is 16.6. The molecule has 2 aromatic carbocycles. The second kappa shape index (κ2) is 9.07. The lowest BCUT2D eigenvalue weighted by Crippen LogP contribution is -2.29. The number of anilines is 2. The highest BCUT2D eigenvalue weighted by Crippen LogP contribution is 2.36. The van der Waals surface area contributed by atoms with E-state index >= 15 is 0 Å². The van der Waals surface area contributed by atoms with Gasteiger partial charge in [-0.15, -0.1) is 0 Å². The number of hydrogen-bond acceptors (Lipinski definition) is 5. The van der Waals surface area contributed by atoms with Gasteiger partial charge >= 0.3 is 0 Å². The number of ether oxygens (including phenoxy) is 2. The number of rotatable bonds is 6. The molecule has 2 aliphatic heterocycles. The van der Waals surface area contributed by atoms with E-state index in [0.29, 0.717) is 48.2 Å². The molecule has 3 amide bonds. The van der Waals surface area contributed by atoms with E-state index in [2.05, 4.69) is 10.6 Å². The zero-order chi connectivity index (χ0) is 21.8. The Bertz CT molecular complexity index is 1010. The number of carbonyl (C=O) groups excluding carboxylic acids is 3. The molecule has 2 N–H and O–H groups in total. The molecular formula is C23H25N3O5. The number of fused-ring (bicyclic) bond motifs is 1. The van der Waals surface area contributed by atoms with Gasteiger partial charge in [0.05, 0.1) is 17.2 Å². The summed E-state index contributed by atoms with van der Waals surface area (Å²) >= 11 is 0. The summed E-state index contributed by atoms with van der Waals surface area (Å²) in [6.45, 7) is 3.74. The van der Waals surface area contributed by atoms with E-state index in [1.807, 2.05) is 6.92 Å². The number of nitrogens with zero attached hydrogens (tertiary/aromatic N) is 1. The van der Waals surface area contributed by atoms with Crippen LogP contribution in [-0.4, -0.2) is 44.0 Å². The first-order valence-electron chi connectivity index (χ1n) is 10.4. The summed E-state index contributed by atoms with van der Waals surface area (Å²) in [7, 11) is 0. The fourth-order valence-electron chi connectivity index (χ4n) is 3.69. The van der Waals surface area contributed by atoms with Gasteiger partial charge in [-0.05, 0) is 30.7 Å². The van der Waals surface area contributed by atoms with Gasteiger partial charge in [0.15, 0.2) is 11.5 Å². The van der Waals surface area contributed by atoms with Gasteiger partial charge in [0.25, 0.3) is 5.91 Å². The molecule has 4 rings (SSSR count). The van der Waals surface area contributed by atoms with Crippen molar-refractivity contribution in [1.29, 1.82) is 0 Å². The van der Waals surface area contributed by atoms with Crippen LogP contribution in [0.25, 0.3) is 0 Å².